The Balaban J connectivity index is 1.70. The molecule has 1 aliphatic rings. The molecular weight excluding hydrogens is 264 g/mol. The van der Waals surface area contributed by atoms with Crippen LogP contribution in [0.2, 0.25) is 0 Å². The molecule has 1 N–H and O–H groups in total. The zero-order valence-electron chi connectivity index (χ0n) is 10.1. The number of amides is 1. The third kappa shape index (κ3) is 2.70. The largest absolute Gasteiger partial charge is 0.347 e. The van der Waals surface area contributed by atoms with Crippen molar-refractivity contribution in [2.75, 3.05) is 5.32 Å². The number of rotatable bonds is 4. The third-order valence-corrected chi connectivity index (χ3v) is 3.89. The molecule has 2 heterocycles. The van der Waals surface area contributed by atoms with Gasteiger partial charge in [0, 0.05) is 12.4 Å². The molecule has 0 saturated heterocycles. The minimum atomic E-state index is -0.432. The smallest absolute Gasteiger partial charge is 0.308 e. The van der Waals surface area contributed by atoms with Gasteiger partial charge in [0.2, 0.25) is 5.91 Å². The number of nitrogens with zero attached hydrogens (tertiary/aromatic N) is 3. The first kappa shape index (κ1) is 12.0. The first-order valence-corrected chi connectivity index (χ1v) is 6.86. The van der Waals surface area contributed by atoms with Crippen molar-refractivity contribution in [2.45, 2.75) is 25.3 Å². The maximum atomic E-state index is 11.9. The summed E-state index contributed by atoms with van der Waals surface area (Å²) in [7, 11) is 0. The van der Waals surface area contributed by atoms with E-state index >= 15 is 0 Å². The average Bonchev–Trinajstić information content (AvgIpc) is 3.13. The van der Waals surface area contributed by atoms with E-state index in [1.807, 2.05) is 0 Å². The van der Waals surface area contributed by atoms with Gasteiger partial charge in [0.25, 0.3) is 0 Å². The van der Waals surface area contributed by atoms with Crippen molar-refractivity contribution in [1.82, 2.24) is 14.5 Å². The van der Waals surface area contributed by atoms with E-state index in [4.69, 9.17) is 0 Å². The van der Waals surface area contributed by atoms with Gasteiger partial charge in [-0.25, -0.2) is 14.8 Å². The molecule has 2 aromatic rings. The second-order valence-electron chi connectivity index (χ2n) is 4.42. The Morgan fingerprint density at radius 2 is 2.32 bits per heavy atom. The van der Waals surface area contributed by atoms with E-state index in [9.17, 15) is 9.59 Å². The fourth-order valence-corrected chi connectivity index (χ4v) is 2.73. The predicted molar refractivity (Wildman–Crippen MR) is 71.2 cm³/mol. The van der Waals surface area contributed by atoms with Crippen LogP contribution in [-0.2, 0) is 11.3 Å². The summed E-state index contributed by atoms with van der Waals surface area (Å²) in [6.07, 6.45) is 5.26. The maximum absolute atomic E-state index is 11.9. The van der Waals surface area contributed by atoms with Gasteiger partial charge >= 0.3 is 5.69 Å². The summed E-state index contributed by atoms with van der Waals surface area (Å²) < 4.78 is 1.26. The van der Waals surface area contributed by atoms with E-state index in [1.54, 1.807) is 22.9 Å². The molecule has 0 spiro atoms. The third-order valence-electron chi connectivity index (χ3n) is 2.90. The second-order valence-corrected chi connectivity index (χ2v) is 5.30. The number of nitrogens with one attached hydrogen (secondary N) is 1. The summed E-state index contributed by atoms with van der Waals surface area (Å²) >= 11 is 1.56. The van der Waals surface area contributed by atoms with E-state index in [2.05, 4.69) is 15.3 Å². The van der Waals surface area contributed by atoms with Gasteiger partial charge in [-0.3, -0.25) is 9.36 Å². The fraction of sp³-hybridized carbons (Fsp3) is 0.333. The van der Waals surface area contributed by atoms with Gasteiger partial charge in [0.05, 0.1) is 10.4 Å². The standard InChI is InChI=1S/C12H12N4O2S/c17-9(6-16-5-1-4-13-12(16)18)15-11-10(8-2-3-8)19-7-14-11/h1,4-5,7-8H,2-3,6H2,(H,15,17). The summed E-state index contributed by atoms with van der Waals surface area (Å²) in [5.41, 5.74) is 1.30. The first-order chi connectivity index (χ1) is 9.24. The van der Waals surface area contributed by atoms with Gasteiger partial charge in [-0.15, -0.1) is 11.3 Å². The van der Waals surface area contributed by atoms with Crippen molar-refractivity contribution < 1.29 is 4.79 Å². The number of thiazole rings is 1. The zero-order valence-corrected chi connectivity index (χ0v) is 10.9. The SMILES string of the molecule is O=C(Cn1cccnc1=O)Nc1ncsc1C1CC1. The molecule has 0 radical (unpaired) electrons. The molecule has 0 aliphatic heterocycles. The Hall–Kier alpha value is -2.02. The van der Waals surface area contributed by atoms with Crippen LogP contribution >= 0.6 is 11.3 Å². The lowest BCUT2D eigenvalue weighted by Crippen LogP contribution is -2.28. The summed E-state index contributed by atoms with van der Waals surface area (Å²) in [5, 5.41) is 2.76. The van der Waals surface area contributed by atoms with Crippen molar-refractivity contribution in [1.29, 1.82) is 0 Å². The molecule has 3 rings (SSSR count). The highest BCUT2D eigenvalue weighted by Crippen LogP contribution is 2.45. The molecule has 7 heteroatoms. The number of hydrogen-bond donors (Lipinski definition) is 1. The molecule has 2 aromatic heterocycles. The van der Waals surface area contributed by atoms with Crippen LogP contribution in [0.1, 0.15) is 23.6 Å². The van der Waals surface area contributed by atoms with Crippen LogP contribution in [0, 0.1) is 0 Å². The van der Waals surface area contributed by atoms with Crippen LogP contribution in [0.4, 0.5) is 5.82 Å². The number of hydrogen-bond acceptors (Lipinski definition) is 5. The van der Waals surface area contributed by atoms with Crippen molar-refractivity contribution in [3.05, 3.63) is 39.3 Å². The molecule has 1 amide bonds. The number of carbonyl (C=O) groups excluding carboxylic acids is 1. The van der Waals surface area contributed by atoms with Crippen molar-refractivity contribution in [2.24, 2.45) is 0 Å². The molecule has 1 fully saturated rings. The van der Waals surface area contributed by atoms with Gasteiger partial charge in [0.1, 0.15) is 12.4 Å². The van der Waals surface area contributed by atoms with Crippen LogP contribution in [0.3, 0.4) is 0 Å². The van der Waals surface area contributed by atoms with Gasteiger partial charge in [0.15, 0.2) is 0 Å². The van der Waals surface area contributed by atoms with E-state index in [-0.39, 0.29) is 12.5 Å². The Labute approximate surface area is 113 Å². The molecule has 1 aliphatic carbocycles. The summed E-state index contributed by atoms with van der Waals surface area (Å²) in [6.45, 7) is -0.0473. The summed E-state index contributed by atoms with van der Waals surface area (Å²) in [5.74, 6) is 0.918. The van der Waals surface area contributed by atoms with E-state index < -0.39 is 5.69 Å². The fourth-order valence-electron chi connectivity index (χ4n) is 1.82. The average molecular weight is 276 g/mol. The normalized spacial score (nSPS) is 14.3. The molecule has 1 saturated carbocycles. The minimum absolute atomic E-state index is 0.0473. The molecule has 0 atom stereocenters. The molecule has 6 nitrogen and oxygen atoms in total. The van der Waals surface area contributed by atoms with Gasteiger partial charge in [-0.05, 0) is 24.8 Å². The van der Waals surface area contributed by atoms with E-state index in [0.29, 0.717) is 11.7 Å². The van der Waals surface area contributed by atoms with Gasteiger partial charge in [-0.2, -0.15) is 0 Å². The highest BCUT2D eigenvalue weighted by Gasteiger charge is 2.28. The highest BCUT2D eigenvalue weighted by atomic mass is 32.1. The molecule has 19 heavy (non-hydrogen) atoms. The zero-order chi connectivity index (χ0) is 13.2. The summed E-state index contributed by atoms with van der Waals surface area (Å²) in [4.78, 5) is 32.2. The predicted octanol–water partition coefficient (Wildman–Crippen LogP) is 1.22. The van der Waals surface area contributed by atoms with Gasteiger partial charge in [-0.1, -0.05) is 0 Å². The molecule has 0 bridgehead atoms. The highest BCUT2D eigenvalue weighted by molar-refractivity contribution is 7.10. The minimum Gasteiger partial charge on any atom is -0.308 e. The van der Waals surface area contributed by atoms with Crippen molar-refractivity contribution >= 4 is 23.1 Å². The maximum Gasteiger partial charge on any atom is 0.347 e. The van der Waals surface area contributed by atoms with Crippen LogP contribution in [0.5, 0.6) is 0 Å². The van der Waals surface area contributed by atoms with Crippen molar-refractivity contribution in [3.63, 3.8) is 0 Å². The molecule has 0 aromatic carbocycles. The van der Waals surface area contributed by atoms with E-state index in [1.165, 1.54) is 17.0 Å². The number of anilines is 1. The Morgan fingerprint density at radius 1 is 1.47 bits per heavy atom. The Kier molecular flexibility index (Phi) is 3.12. The van der Waals surface area contributed by atoms with Crippen LogP contribution < -0.4 is 11.0 Å². The molecule has 98 valence electrons. The van der Waals surface area contributed by atoms with Crippen molar-refractivity contribution in [3.8, 4) is 0 Å². The molecule has 0 unspecified atom stereocenters. The molecular formula is C12H12N4O2S. The topological polar surface area (TPSA) is 76.9 Å². The quantitative estimate of drug-likeness (QED) is 0.910. The van der Waals surface area contributed by atoms with Crippen LogP contribution in [-0.4, -0.2) is 20.4 Å². The van der Waals surface area contributed by atoms with Gasteiger partial charge < -0.3 is 5.32 Å². The Bertz CT molecular complexity index is 659. The number of carbonyl (C=O) groups is 1. The Morgan fingerprint density at radius 3 is 3.05 bits per heavy atom. The second kappa shape index (κ2) is 4.93. The first-order valence-electron chi connectivity index (χ1n) is 5.99. The lowest BCUT2D eigenvalue weighted by molar-refractivity contribution is -0.116. The summed E-state index contributed by atoms with van der Waals surface area (Å²) in [6, 6.07) is 1.62. The van der Waals surface area contributed by atoms with E-state index in [0.717, 1.165) is 17.7 Å². The van der Waals surface area contributed by atoms with Crippen LogP contribution in [0.15, 0.2) is 28.8 Å². The lowest BCUT2D eigenvalue weighted by atomic mass is 10.3. The monoisotopic (exact) mass is 276 g/mol. The lowest BCUT2D eigenvalue weighted by Gasteiger charge is -2.06. The number of aromatic nitrogens is 3. The van der Waals surface area contributed by atoms with Crippen LogP contribution in [0.25, 0.3) is 0 Å².